The summed E-state index contributed by atoms with van der Waals surface area (Å²) < 4.78 is 5.29. The van der Waals surface area contributed by atoms with Crippen molar-refractivity contribution in [2.45, 2.75) is 32.7 Å². The van der Waals surface area contributed by atoms with Crippen LogP contribution >= 0.6 is 0 Å². The lowest BCUT2D eigenvalue weighted by Gasteiger charge is -2.14. The van der Waals surface area contributed by atoms with E-state index in [0.29, 0.717) is 17.8 Å². The van der Waals surface area contributed by atoms with Gasteiger partial charge in [0.05, 0.1) is 11.8 Å². The summed E-state index contributed by atoms with van der Waals surface area (Å²) in [5.74, 6) is 1.36. The van der Waals surface area contributed by atoms with Crippen LogP contribution in [0.25, 0.3) is 0 Å². The predicted molar refractivity (Wildman–Crippen MR) is 82.4 cm³/mol. The van der Waals surface area contributed by atoms with Crippen LogP contribution in [-0.2, 0) is 6.42 Å². The Morgan fingerprint density at radius 1 is 1.38 bits per heavy atom. The van der Waals surface area contributed by atoms with E-state index in [9.17, 15) is 4.79 Å². The largest absolute Gasteiger partial charge is 0.469 e. The summed E-state index contributed by atoms with van der Waals surface area (Å²) in [6, 6.07) is 7.28. The molecule has 5 heteroatoms. The Hall–Kier alpha value is -2.30. The Morgan fingerprint density at radius 2 is 2.24 bits per heavy atom. The lowest BCUT2D eigenvalue weighted by atomic mass is 10.1. The van der Waals surface area contributed by atoms with E-state index in [0.717, 1.165) is 18.7 Å². The summed E-state index contributed by atoms with van der Waals surface area (Å²) in [6.45, 7) is 4.82. The lowest BCUT2D eigenvalue weighted by molar-refractivity contribution is 0.0940. The Labute approximate surface area is 124 Å². The molecule has 0 radical (unpaired) electrons. The Balaban J connectivity index is 1.99. The highest BCUT2D eigenvalue weighted by atomic mass is 16.3. The number of rotatable bonds is 7. The summed E-state index contributed by atoms with van der Waals surface area (Å²) in [7, 11) is 0. The molecule has 0 aliphatic heterocycles. The van der Waals surface area contributed by atoms with Gasteiger partial charge in [0, 0.05) is 25.2 Å². The highest BCUT2D eigenvalue weighted by Gasteiger charge is 2.15. The summed E-state index contributed by atoms with van der Waals surface area (Å²) in [5.41, 5.74) is 0.567. The van der Waals surface area contributed by atoms with Crippen molar-refractivity contribution < 1.29 is 9.21 Å². The molecule has 0 aliphatic rings. The molecule has 2 aromatic heterocycles. The van der Waals surface area contributed by atoms with E-state index >= 15 is 0 Å². The fourth-order valence-electron chi connectivity index (χ4n) is 2.06. The predicted octanol–water partition coefficient (Wildman–Crippen LogP) is 2.86. The first kappa shape index (κ1) is 15.1. The molecule has 0 saturated heterocycles. The maximum absolute atomic E-state index is 12.3. The minimum atomic E-state index is -0.124. The molecule has 0 aliphatic carbocycles. The molecule has 2 N–H and O–H groups in total. The fraction of sp³-hybridized carbons (Fsp3) is 0.375. The normalized spacial score (nSPS) is 11.9. The van der Waals surface area contributed by atoms with Gasteiger partial charge < -0.3 is 15.1 Å². The number of carbonyl (C=O) groups is 1. The number of hydrogen-bond acceptors (Lipinski definition) is 4. The summed E-state index contributed by atoms with van der Waals surface area (Å²) in [5, 5.41) is 6.14. The number of anilines is 1. The molecule has 2 heterocycles. The number of amides is 1. The number of aromatic nitrogens is 1. The standard InChI is InChI=1S/C16H21N3O2/c1-3-8-17-15-14(7-4-9-18-15)16(20)19-12(2)11-13-6-5-10-21-13/h4-7,9-10,12H,3,8,11H2,1-2H3,(H,17,18)(H,19,20). The van der Waals surface area contributed by atoms with Crippen LogP contribution in [-0.4, -0.2) is 23.5 Å². The average Bonchev–Trinajstić information content (AvgIpc) is 2.98. The Morgan fingerprint density at radius 3 is 2.95 bits per heavy atom. The molecule has 1 amide bonds. The minimum absolute atomic E-state index is 0.0112. The van der Waals surface area contributed by atoms with E-state index in [4.69, 9.17) is 4.42 Å². The zero-order chi connectivity index (χ0) is 15.1. The molecule has 1 atom stereocenters. The minimum Gasteiger partial charge on any atom is -0.469 e. The van der Waals surface area contributed by atoms with E-state index in [1.54, 1.807) is 24.6 Å². The van der Waals surface area contributed by atoms with Crippen molar-refractivity contribution in [3.8, 4) is 0 Å². The zero-order valence-corrected chi connectivity index (χ0v) is 12.4. The van der Waals surface area contributed by atoms with Gasteiger partial charge in [0.15, 0.2) is 0 Å². The number of pyridine rings is 1. The fourth-order valence-corrected chi connectivity index (χ4v) is 2.06. The van der Waals surface area contributed by atoms with Crippen molar-refractivity contribution >= 4 is 11.7 Å². The van der Waals surface area contributed by atoms with Crippen molar-refractivity contribution in [2.75, 3.05) is 11.9 Å². The number of nitrogens with zero attached hydrogens (tertiary/aromatic N) is 1. The van der Waals surface area contributed by atoms with Gasteiger partial charge in [-0.2, -0.15) is 0 Å². The molecular formula is C16H21N3O2. The van der Waals surface area contributed by atoms with Gasteiger partial charge in [0.2, 0.25) is 0 Å². The topological polar surface area (TPSA) is 67.2 Å². The zero-order valence-electron chi connectivity index (χ0n) is 12.4. The summed E-state index contributed by atoms with van der Waals surface area (Å²) >= 11 is 0. The molecule has 5 nitrogen and oxygen atoms in total. The third-order valence-electron chi connectivity index (χ3n) is 3.06. The van der Waals surface area contributed by atoms with Crippen molar-refractivity contribution in [1.29, 1.82) is 0 Å². The molecule has 21 heavy (non-hydrogen) atoms. The number of furan rings is 1. The van der Waals surface area contributed by atoms with E-state index in [2.05, 4.69) is 22.5 Å². The first-order valence-electron chi connectivity index (χ1n) is 7.22. The van der Waals surface area contributed by atoms with E-state index in [-0.39, 0.29) is 11.9 Å². The van der Waals surface area contributed by atoms with Crippen LogP contribution in [0.5, 0.6) is 0 Å². The molecule has 0 fully saturated rings. The van der Waals surface area contributed by atoms with Gasteiger partial charge in [-0.25, -0.2) is 4.98 Å². The van der Waals surface area contributed by atoms with Crippen molar-refractivity contribution in [3.05, 3.63) is 48.0 Å². The molecule has 112 valence electrons. The van der Waals surface area contributed by atoms with Crippen LogP contribution in [0.3, 0.4) is 0 Å². The first-order valence-corrected chi connectivity index (χ1v) is 7.22. The number of hydrogen-bond donors (Lipinski definition) is 2. The average molecular weight is 287 g/mol. The van der Waals surface area contributed by atoms with Gasteiger partial charge in [-0.3, -0.25) is 4.79 Å². The van der Waals surface area contributed by atoms with Crippen LogP contribution in [0, 0.1) is 0 Å². The summed E-state index contributed by atoms with van der Waals surface area (Å²) in [6.07, 6.45) is 4.96. The third kappa shape index (κ3) is 4.34. The van der Waals surface area contributed by atoms with Gasteiger partial charge in [-0.05, 0) is 37.6 Å². The lowest BCUT2D eigenvalue weighted by Crippen LogP contribution is -2.34. The van der Waals surface area contributed by atoms with Gasteiger partial charge in [-0.15, -0.1) is 0 Å². The second-order valence-electron chi connectivity index (χ2n) is 4.98. The van der Waals surface area contributed by atoms with Crippen molar-refractivity contribution in [2.24, 2.45) is 0 Å². The summed E-state index contributed by atoms with van der Waals surface area (Å²) in [4.78, 5) is 16.6. The molecule has 0 aromatic carbocycles. The maximum atomic E-state index is 12.3. The molecule has 1 unspecified atom stereocenters. The third-order valence-corrected chi connectivity index (χ3v) is 3.06. The SMILES string of the molecule is CCCNc1ncccc1C(=O)NC(C)Cc1ccco1. The monoisotopic (exact) mass is 287 g/mol. The highest BCUT2D eigenvalue weighted by Crippen LogP contribution is 2.12. The van der Waals surface area contributed by atoms with Crippen molar-refractivity contribution in [3.63, 3.8) is 0 Å². The quantitative estimate of drug-likeness (QED) is 0.821. The number of carbonyl (C=O) groups excluding carboxylic acids is 1. The van der Waals surface area contributed by atoms with E-state index in [1.807, 2.05) is 19.1 Å². The molecule has 0 saturated carbocycles. The van der Waals surface area contributed by atoms with Crippen LogP contribution in [0.15, 0.2) is 41.1 Å². The van der Waals surface area contributed by atoms with Gasteiger partial charge >= 0.3 is 0 Å². The molecule has 2 aromatic rings. The van der Waals surface area contributed by atoms with Gasteiger partial charge in [0.25, 0.3) is 5.91 Å². The Kier molecular flexibility index (Phi) is 5.37. The molecule has 0 spiro atoms. The van der Waals surface area contributed by atoms with Crippen LogP contribution in [0.4, 0.5) is 5.82 Å². The first-order chi connectivity index (χ1) is 10.2. The molecule has 2 rings (SSSR count). The van der Waals surface area contributed by atoms with Gasteiger partial charge in [0.1, 0.15) is 11.6 Å². The second kappa shape index (κ2) is 7.47. The van der Waals surface area contributed by atoms with E-state index in [1.165, 1.54) is 0 Å². The Bertz CT molecular complexity index is 567. The highest BCUT2D eigenvalue weighted by molar-refractivity contribution is 5.98. The van der Waals surface area contributed by atoms with Crippen LogP contribution in [0.2, 0.25) is 0 Å². The van der Waals surface area contributed by atoms with E-state index < -0.39 is 0 Å². The van der Waals surface area contributed by atoms with Crippen LogP contribution in [0.1, 0.15) is 36.4 Å². The second-order valence-corrected chi connectivity index (χ2v) is 4.98. The van der Waals surface area contributed by atoms with Gasteiger partial charge in [-0.1, -0.05) is 6.92 Å². The van der Waals surface area contributed by atoms with Crippen molar-refractivity contribution in [1.82, 2.24) is 10.3 Å². The smallest absolute Gasteiger partial charge is 0.255 e. The maximum Gasteiger partial charge on any atom is 0.255 e. The molecule has 0 bridgehead atoms. The molecular weight excluding hydrogens is 266 g/mol. The van der Waals surface area contributed by atoms with Crippen LogP contribution < -0.4 is 10.6 Å². The number of nitrogens with one attached hydrogen (secondary N) is 2.